The van der Waals surface area contributed by atoms with Crippen LogP contribution in [0.2, 0.25) is 0 Å². The van der Waals surface area contributed by atoms with E-state index >= 15 is 0 Å². The van der Waals surface area contributed by atoms with E-state index < -0.39 is 0 Å². The molecular weight excluding hydrogens is 272 g/mol. The van der Waals surface area contributed by atoms with Crippen LogP contribution in [0, 0.1) is 5.92 Å². The Morgan fingerprint density at radius 1 is 1.30 bits per heavy atom. The van der Waals surface area contributed by atoms with E-state index in [0.717, 1.165) is 23.4 Å². The first-order valence-electron chi connectivity index (χ1n) is 6.57. The van der Waals surface area contributed by atoms with Crippen molar-refractivity contribution < 1.29 is 4.79 Å². The van der Waals surface area contributed by atoms with Crippen molar-refractivity contribution in [2.75, 3.05) is 11.9 Å². The Balaban J connectivity index is 1.86. The minimum atomic E-state index is -0.172. The van der Waals surface area contributed by atoms with Gasteiger partial charge in [-0.15, -0.1) is 5.10 Å². The standard InChI is InChI=1S/C14H18N4OS/c1-10(2)7-8-15-14(19)16-12-5-3-11(4-6-12)13-9-20-18-17-13/h3-6,9-10H,7-8H2,1-2H3,(H2,15,16,19). The van der Waals surface area contributed by atoms with Crippen LogP contribution < -0.4 is 10.6 Å². The minimum Gasteiger partial charge on any atom is -0.338 e. The molecule has 5 nitrogen and oxygen atoms in total. The number of aromatic nitrogens is 2. The molecule has 106 valence electrons. The minimum absolute atomic E-state index is 0.172. The number of benzene rings is 1. The van der Waals surface area contributed by atoms with Crippen LogP contribution in [0.3, 0.4) is 0 Å². The second-order valence-electron chi connectivity index (χ2n) is 4.93. The van der Waals surface area contributed by atoms with Crippen LogP contribution in [0.4, 0.5) is 10.5 Å². The number of nitrogens with zero attached hydrogens (tertiary/aromatic N) is 2. The molecular formula is C14H18N4OS. The third kappa shape index (κ3) is 4.31. The number of anilines is 1. The number of urea groups is 1. The van der Waals surface area contributed by atoms with Crippen LogP contribution in [0.1, 0.15) is 20.3 Å². The predicted octanol–water partition coefficient (Wildman–Crippen LogP) is 3.37. The molecule has 0 aliphatic rings. The highest BCUT2D eigenvalue weighted by Gasteiger charge is 2.04. The second kappa shape index (κ2) is 7.00. The second-order valence-corrected chi connectivity index (χ2v) is 5.54. The van der Waals surface area contributed by atoms with Gasteiger partial charge in [0.1, 0.15) is 5.69 Å². The van der Waals surface area contributed by atoms with Gasteiger partial charge >= 0.3 is 6.03 Å². The summed E-state index contributed by atoms with van der Waals surface area (Å²) in [4.78, 5) is 11.7. The van der Waals surface area contributed by atoms with Crippen LogP contribution in [0.25, 0.3) is 11.3 Å². The number of nitrogens with one attached hydrogen (secondary N) is 2. The highest BCUT2D eigenvalue weighted by molar-refractivity contribution is 7.03. The summed E-state index contributed by atoms with van der Waals surface area (Å²) in [6.07, 6.45) is 0.975. The molecule has 1 heterocycles. The number of carbonyl (C=O) groups is 1. The van der Waals surface area contributed by atoms with E-state index in [1.807, 2.05) is 29.6 Å². The van der Waals surface area contributed by atoms with E-state index in [1.54, 1.807) is 0 Å². The SMILES string of the molecule is CC(C)CCNC(=O)Nc1ccc(-c2csnn2)cc1. The van der Waals surface area contributed by atoms with Crippen molar-refractivity contribution in [3.05, 3.63) is 29.6 Å². The molecule has 0 atom stereocenters. The van der Waals surface area contributed by atoms with Crippen LogP contribution in [0.5, 0.6) is 0 Å². The number of hydrogen-bond donors (Lipinski definition) is 2. The predicted molar refractivity (Wildman–Crippen MR) is 81.8 cm³/mol. The van der Waals surface area contributed by atoms with E-state index in [0.29, 0.717) is 12.5 Å². The van der Waals surface area contributed by atoms with E-state index in [1.165, 1.54) is 11.5 Å². The molecule has 20 heavy (non-hydrogen) atoms. The van der Waals surface area contributed by atoms with Crippen molar-refractivity contribution in [2.24, 2.45) is 5.92 Å². The van der Waals surface area contributed by atoms with Crippen LogP contribution in [0.15, 0.2) is 29.6 Å². The molecule has 0 radical (unpaired) electrons. The third-order valence-corrected chi connectivity index (χ3v) is 3.31. The summed E-state index contributed by atoms with van der Waals surface area (Å²) in [6.45, 7) is 4.95. The first-order valence-corrected chi connectivity index (χ1v) is 7.41. The molecule has 2 N–H and O–H groups in total. The van der Waals surface area contributed by atoms with Gasteiger partial charge in [-0.2, -0.15) is 0 Å². The van der Waals surface area contributed by atoms with Crippen molar-refractivity contribution >= 4 is 23.3 Å². The number of carbonyl (C=O) groups excluding carboxylic acids is 1. The van der Waals surface area contributed by atoms with Crippen molar-refractivity contribution in [3.8, 4) is 11.3 Å². The van der Waals surface area contributed by atoms with Gasteiger partial charge in [-0.3, -0.25) is 0 Å². The van der Waals surface area contributed by atoms with E-state index in [9.17, 15) is 4.79 Å². The zero-order valence-corrected chi connectivity index (χ0v) is 12.4. The average Bonchev–Trinajstić information content (AvgIpc) is 2.93. The Hall–Kier alpha value is -1.95. The smallest absolute Gasteiger partial charge is 0.319 e. The quantitative estimate of drug-likeness (QED) is 0.887. The fraction of sp³-hybridized carbons (Fsp3) is 0.357. The first-order chi connectivity index (χ1) is 9.65. The van der Waals surface area contributed by atoms with Crippen molar-refractivity contribution in [1.29, 1.82) is 0 Å². The monoisotopic (exact) mass is 290 g/mol. The van der Waals surface area contributed by atoms with Gasteiger partial charge in [0.25, 0.3) is 0 Å². The Kier molecular flexibility index (Phi) is 5.06. The molecule has 2 amide bonds. The Morgan fingerprint density at radius 2 is 2.05 bits per heavy atom. The lowest BCUT2D eigenvalue weighted by Crippen LogP contribution is -2.30. The number of rotatable bonds is 5. The number of hydrogen-bond acceptors (Lipinski definition) is 4. The lowest BCUT2D eigenvalue weighted by molar-refractivity contribution is 0.251. The van der Waals surface area contributed by atoms with Crippen LogP contribution in [-0.4, -0.2) is 22.2 Å². The van der Waals surface area contributed by atoms with Crippen LogP contribution >= 0.6 is 11.5 Å². The molecule has 0 saturated carbocycles. The third-order valence-electron chi connectivity index (χ3n) is 2.81. The fourth-order valence-electron chi connectivity index (χ4n) is 1.66. The maximum Gasteiger partial charge on any atom is 0.319 e. The molecule has 2 aromatic rings. The van der Waals surface area contributed by atoms with Gasteiger partial charge in [0.2, 0.25) is 0 Å². The summed E-state index contributed by atoms with van der Waals surface area (Å²) in [5.74, 6) is 0.585. The molecule has 2 rings (SSSR count). The molecule has 0 bridgehead atoms. The van der Waals surface area contributed by atoms with Gasteiger partial charge in [0, 0.05) is 23.2 Å². The fourth-order valence-corrected chi connectivity index (χ4v) is 2.13. The van der Waals surface area contributed by atoms with Gasteiger partial charge in [0.05, 0.1) is 0 Å². The van der Waals surface area contributed by atoms with E-state index in [4.69, 9.17) is 0 Å². The molecule has 1 aromatic carbocycles. The lowest BCUT2D eigenvalue weighted by Gasteiger charge is -2.09. The molecule has 0 spiro atoms. The summed E-state index contributed by atoms with van der Waals surface area (Å²) in [5.41, 5.74) is 2.60. The highest BCUT2D eigenvalue weighted by atomic mass is 32.1. The zero-order chi connectivity index (χ0) is 14.4. The summed E-state index contributed by atoms with van der Waals surface area (Å²) in [7, 11) is 0. The van der Waals surface area contributed by atoms with Crippen molar-refractivity contribution in [3.63, 3.8) is 0 Å². The van der Waals surface area contributed by atoms with Gasteiger partial charge < -0.3 is 10.6 Å². The molecule has 1 aromatic heterocycles. The van der Waals surface area contributed by atoms with Crippen molar-refractivity contribution in [2.45, 2.75) is 20.3 Å². The van der Waals surface area contributed by atoms with Gasteiger partial charge in [-0.05, 0) is 36.0 Å². The Bertz CT molecular complexity index is 537. The van der Waals surface area contributed by atoms with Gasteiger partial charge in [-0.25, -0.2) is 4.79 Å². The number of amides is 2. The molecule has 0 unspecified atom stereocenters. The highest BCUT2D eigenvalue weighted by Crippen LogP contribution is 2.19. The van der Waals surface area contributed by atoms with Gasteiger partial charge in [-0.1, -0.05) is 30.5 Å². The molecule has 6 heteroatoms. The lowest BCUT2D eigenvalue weighted by atomic mass is 10.1. The Labute approximate surface area is 122 Å². The summed E-state index contributed by atoms with van der Waals surface area (Å²) in [6, 6.07) is 7.38. The molecule has 0 aliphatic heterocycles. The van der Waals surface area contributed by atoms with E-state index in [2.05, 4.69) is 34.1 Å². The molecule has 0 aliphatic carbocycles. The summed E-state index contributed by atoms with van der Waals surface area (Å²) < 4.78 is 3.83. The zero-order valence-electron chi connectivity index (χ0n) is 11.6. The maximum absolute atomic E-state index is 11.7. The maximum atomic E-state index is 11.7. The molecule has 0 saturated heterocycles. The van der Waals surface area contributed by atoms with Crippen LogP contribution in [-0.2, 0) is 0 Å². The average molecular weight is 290 g/mol. The Morgan fingerprint density at radius 3 is 2.65 bits per heavy atom. The normalized spacial score (nSPS) is 10.6. The van der Waals surface area contributed by atoms with E-state index in [-0.39, 0.29) is 6.03 Å². The summed E-state index contributed by atoms with van der Waals surface area (Å²) in [5, 5.41) is 11.5. The first kappa shape index (κ1) is 14.5. The largest absolute Gasteiger partial charge is 0.338 e. The van der Waals surface area contributed by atoms with Crippen molar-refractivity contribution in [1.82, 2.24) is 14.9 Å². The molecule has 0 fully saturated rings. The van der Waals surface area contributed by atoms with Gasteiger partial charge in [0.15, 0.2) is 0 Å². The summed E-state index contributed by atoms with van der Waals surface area (Å²) >= 11 is 1.32. The topological polar surface area (TPSA) is 66.9 Å².